The van der Waals surface area contributed by atoms with Crippen molar-refractivity contribution in [2.45, 2.75) is 0 Å². The average molecular weight is 455 g/mol. The van der Waals surface area contributed by atoms with Crippen molar-refractivity contribution in [1.82, 2.24) is 5.43 Å². The summed E-state index contributed by atoms with van der Waals surface area (Å²) in [6.07, 6.45) is 2.36. The second kappa shape index (κ2) is 10.1. The topological polar surface area (TPSA) is 112 Å². The minimum Gasteiger partial charge on any atom is -0.479 e. The summed E-state index contributed by atoms with van der Waals surface area (Å²) in [5.41, 5.74) is 3.14. The summed E-state index contributed by atoms with van der Waals surface area (Å²) in [5, 5.41) is 12.7. The molecule has 0 atom stereocenters. The van der Waals surface area contributed by atoms with Gasteiger partial charge in [-0.25, -0.2) is 13.8 Å². The summed E-state index contributed by atoms with van der Waals surface area (Å²) >= 11 is 11.8. The summed E-state index contributed by atoms with van der Waals surface area (Å²) in [4.78, 5) is 12.1. The molecule has 0 unspecified atom stereocenters. The van der Waals surface area contributed by atoms with Gasteiger partial charge < -0.3 is 4.74 Å². The molecule has 1 N–H and O–H groups in total. The van der Waals surface area contributed by atoms with Gasteiger partial charge in [0.2, 0.25) is 10.0 Å². The van der Waals surface area contributed by atoms with E-state index < -0.39 is 22.5 Å². The Morgan fingerprint density at radius 2 is 1.93 bits per heavy atom. The maximum absolute atomic E-state index is 12.1. The molecule has 0 fully saturated rings. The lowest BCUT2D eigenvalue weighted by molar-refractivity contribution is -0.119. The number of sulfonamides is 1. The Labute approximate surface area is 178 Å². The normalized spacial score (nSPS) is 11.1. The molecule has 2 rings (SSSR count). The van der Waals surface area contributed by atoms with Gasteiger partial charge >= 0.3 is 0 Å². The van der Waals surface area contributed by atoms with Gasteiger partial charge in [-0.2, -0.15) is 10.4 Å². The van der Waals surface area contributed by atoms with Gasteiger partial charge in [-0.1, -0.05) is 23.2 Å². The molecule has 1 amide bonds. The van der Waals surface area contributed by atoms with Gasteiger partial charge in [-0.15, -0.1) is 0 Å². The Morgan fingerprint density at radius 3 is 2.52 bits per heavy atom. The first-order valence-corrected chi connectivity index (χ1v) is 10.7. The smallest absolute Gasteiger partial charge is 0.260 e. The zero-order valence-electron chi connectivity index (χ0n) is 15.2. The Kier molecular flexibility index (Phi) is 7.84. The van der Waals surface area contributed by atoms with Gasteiger partial charge in [0.05, 0.1) is 28.2 Å². The summed E-state index contributed by atoms with van der Waals surface area (Å²) in [7, 11) is -3.75. The zero-order valence-corrected chi connectivity index (χ0v) is 17.5. The molecule has 0 saturated heterocycles. The number of carbonyl (C=O) groups is 1. The number of halogens is 2. The molecule has 11 heteroatoms. The highest BCUT2D eigenvalue weighted by molar-refractivity contribution is 7.92. The summed E-state index contributed by atoms with van der Waals surface area (Å²) in [6.45, 7) is -0.547. The van der Waals surface area contributed by atoms with Crippen LogP contribution >= 0.6 is 23.2 Å². The quantitative estimate of drug-likeness (QED) is 0.486. The van der Waals surface area contributed by atoms with Crippen molar-refractivity contribution in [3.8, 4) is 11.8 Å². The molecule has 2 aromatic carbocycles. The molecular weight excluding hydrogens is 439 g/mol. The molecular formula is C18H16Cl2N4O4S. The second-order valence-corrected chi connectivity index (χ2v) is 8.40. The standard InChI is InChI=1S/C18H16Cl2N4O4S/c1-29(26,27)24(14-4-7-16(19)17(20)10-14)12-18(25)23-22-11-13-2-5-15(6-3-13)28-9-8-21/h2-7,10-11H,9,12H2,1H3,(H,23,25)/b22-11-. The highest BCUT2D eigenvalue weighted by atomic mass is 35.5. The minimum absolute atomic E-state index is 0.0564. The number of hydrogen-bond donors (Lipinski definition) is 1. The number of nitrogens with one attached hydrogen (secondary N) is 1. The lowest BCUT2D eigenvalue weighted by atomic mass is 10.2. The third-order valence-corrected chi connectivity index (χ3v) is 5.34. The minimum atomic E-state index is -3.75. The molecule has 0 aliphatic rings. The molecule has 0 saturated carbocycles. The summed E-state index contributed by atoms with van der Waals surface area (Å²) in [6, 6.07) is 12.8. The third-order valence-electron chi connectivity index (χ3n) is 3.47. The van der Waals surface area contributed by atoms with E-state index in [-0.39, 0.29) is 22.3 Å². The molecule has 152 valence electrons. The molecule has 0 heterocycles. The number of hydrazone groups is 1. The van der Waals surface area contributed by atoms with Gasteiger partial charge in [0.25, 0.3) is 5.91 Å². The van der Waals surface area contributed by atoms with E-state index in [9.17, 15) is 13.2 Å². The fourth-order valence-corrected chi connectivity index (χ4v) is 3.29. The van der Waals surface area contributed by atoms with Crippen LogP contribution in [0, 0.1) is 11.3 Å². The van der Waals surface area contributed by atoms with Crippen LogP contribution in [0.5, 0.6) is 5.75 Å². The summed E-state index contributed by atoms with van der Waals surface area (Å²) < 4.78 is 30.2. The zero-order chi connectivity index (χ0) is 21.4. The van der Waals surface area contributed by atoms with Crippen molar-refractivity contribution in [1.29, 1.82) is 5.26 Å². The lowest BCUT2D eigenvalue weighted by Gasteiger charge is -2.21. The molecule has 8 nitrogen and oxygen atoms in total. The van der Waals surface area contributed by atoms with E-state index in [0.29, 0.717) is 11.3 Å². The molecule has 0 aliphatic carbocycles. The van der Waals surface area contributed by atoms with Crippen molar-refractivity contribution >= 4 is 51.0 Å². The van der Waals surface area contributed by atoms with Crippen LogP contribution in [-0.2, 0) is 14.8 Å². The SMILES string of the molecule is CS(=O)(=O)N(CC(=O)N/N=C\c1ccc(OCC#N)cc1)c1ccc(Cl)c(Cl)c1. The number of carbonyl (C=O) groups excluding carboxylic acids is 1. The van der Waals surface area contributed by atoms with Crippen LogP contribution in [0.2, 0.25) is 10.0 Å². The molecule has 29 heavy (non-hydrogen) atoms. The molecule has 0 radical (unpaired) electrons. The number of ether oxygens (including phenoxy) is 1. The van der Waals surface area contributed by atoms with Gasteiger partial charge in [0.15, 0.2) is 6.61 Å². The van der Waals surface area contributed by atoms with Crippen LogP contribution in [0.3, 0.4) is 0 Å². The van der Waals surface area contributed by atoms with E-state index >= 15 is 0 Å². The van der Waals surface area contributed by atoms with E-state index in [1.54, 1.807) is 24.3 Å². The van der Waals surface area contributed by atoms with Crippen molar-refractivity contribution in [3.05, 3.63) is 58.1 Å². The Hall–Kier alpha value is -2.80. The first-order valence-electron chi connectivity index (χ1n) is 8.05. The Bertz CT molecular complexity index is 1050. The van der Waals surface area contributed by atoms with Crippen LogP contribution in [0.4, 0.5) is 5.69 Å². The number of nitriles is 1. The maximum atomic E-state index is 12.1. The van der Waals surface area contributed by atoms with Crippen molar-refractivity contribution in [2.24, 2.45) is 5.10 Å². The first-order chi connectivity index (χ1) is 13.7. The van der Waals surface area contributed by atoms with Crippen molar-refractivity contribution in [3.63, 3.8) is 0 Å². The molecule has 0 bridgehead atoms. The van der Waals surface area contributed by atoms with E-state index in [4.69, 9.17) is 33.2 Å². The average Bonchev–Trinajstić information content (AvgIpc) is 2.67. The number of benzene rings is 2. The van der Waals surface area contributed by atoms with Crippen LogP contribution < -0.4 is 14.5 Å². The largest absolute Gasteiger partial charge is 0.479 e. The fourth-order valence-electron chi connectivity index (χ4n) is 2.15. The van der Waals surface area contributed by atoms with Crippen LogP contribution in [0.15, 0.2) is 47.6 Å². The summed E-state index contributed by atoms with van der Waals surface area (Å²) in [5.74, 6) is -0.120. The van der Waals surface area contributed by atoms with E-state index in [2.05, 4.69) is 10.5 Å². The Morgan fingerprint density at radius 1 is 1.24 bits per heavy atom. The van der Waals surface area contributed by atoms with Gasteiger partial charge in [-0.05, 0) is 48.0 Å². The fraction of sp³-hybridized carbons (Fsp3) is 0.167. The van der Waals surface area contributed by atoms with Gasteiger partial charge in [0.1, 0.15) is 18.4 Å². The van der Waals surface area contributed by atoms with Crippen LogP contribution in [-0.4, -0.2) is 39.9 Å². The highest BCUT2D eigenvalue weighted by Gasteiger charge is 2.21. The third kappa shape index (κ3) is 6.94. The van der Waals surface area contributed by atoms with Gasteiger partial charge in [0, 0.05) is 0 Å². The van der Waals surface area contributed by atoms with E-state index in [0.717, 1.165) is 10.6 Å². The highest BCUT2D eigenvalue weighted by Crippen LogP contribution is 2.28. The van der Waals surface area contributed by atoms with E-state index in [1.807, 2.05) is 6.07 Å². The van der Waals surface area contributed by atoms with Crippen molar-refractivity contribution in [2.75, 3.05) is 23.7 Å². The van der Waals surface area contributed by atoms with E-state index in [1.165, 1.54) is 24.4 Å². The predicted molar refractivity (Wildman–Crippen MR) is 112 cm³/mol. The maximum Gasteiger partial charge on any atom is 0.260 e. The monoisotopic (exact) mass is 454 g/mol. The number of anilines is 1. The first kappa shape index (κ1) is 22.5. The van der Waals surface area contributed by atoms with Crippen molar-refractivity contribution < 1.29 is 17.9 Å². The molecule has 0 aromatic heterocycles. The molecule has 2 aromatic rings. The number of amides is 1. The predicted octanol–water partition coefficient (Wildman–Crippen LogP) is 2.81. The lowest BCUT2D eigenvalue weighted by Crippen LogP contribution is -2.39. The Balaban J connectivity index is 2.02. The molecule has 0 aliphatic heterocycles. The number of rotatable bonds is 8. The van der Waals surface area contributed by atoms with Crippen LogP contribution in [0.25, 0.3) is 0 Å². The second-order valence-electron chi connectivity index (χ2n) is 5.68. The van der Waals surface area contributed by atoms with Crippen LogP contribution in [0.1, 0.15) is 5.56 Å². The number of hydrogen-bond acceptors (Lipinski definition) is 6. The van der Waals surface area contributed by atoms with Gasteiger partial charge in [-0.3, -0.25) is 9.10 Å². The number of nitrogens with zero attached hydrogens (tertiary/aromatic N) is 3. The molecule has 0 spiro atoms.